The van der Waals surface area contributed by atoms with E-state index in [1.165, 1.54) is 22.8 Å². The van der Waals surface area contributed by atoms with E-state index >= 15 is 0 Å². The summed E-state index contributed by atoms with van der Waals surface area (Å²) in [5, 5.41) is 12.0. The van der Waals surface area contributed by atoms with Crippen LogP contribution in [0.15, 0.2) is 23.2 Å². The fourth-order valence-corrected chi connectivity index (χ4v) is 3.31. The number of nitrogens with two attached hydrogens (primary N) is 1. The second-order valence-electron chi connectivity index (χ2n) is 7.87. The lowest BCUT2D eigenvalue weighted by molar-refractivity contribution is 0.0562. The van der Waals surface area contributed by atoms with Crippen molar-refractivity contribution >= 4 is 29.2 Å². The number of nitrogens with one attached hydrogen (secondary N) is 1. The first-order chi connectivity index (χ1) is 13.4. The first-order valence-electron chi connectivity index (χ1n) is 8.75. The number of carbonyl (C=O) groups excluding carboxylic acids is 1. The minimum absolute atomic E-state index is 0.0122. The van der Waals surface area contributed by atoms with Crippen LogP contribution in [-0.2, 0) is 16.8 Å². The van der Waals surface area contributed by atoms with Crippen molar-refractivity contribution in [3.63, 3.8) is 0 Å². The first kappa shape index (κ1) is 20.6. The highest BCUT2D eigenvalue weighted by Gasteiger charge is 2.38. The quantitative estimate of drug-likeness (QED) is 0.688. The highest BCUT2D eigenvalue weighted by molar-refractivity contribution is 6.30. The first-order valence-corrected chi connectivity index (χ1v) is 9.13. The van der Waals surface area contributed by atoms with Crippen molar-refractivity contribution in [1.82, 2.24) is 14.9 Å². The summed E-state index contributed by atoms with van der Waals surface area (Å²) in [5.41, 5.74) is 4.55. The summed E-state index contributed by atoms with van der Waals surface area (Å²) < 4.78 is 21.4. The number of nitrogen functional groups attached to an aromatic ring is 1. The number of carbonyl (C=O) groups is 1. The maximum atomic E-state index is 14.6. The van der Waals surface area contributed by atoms with E-state index < -0.39 is 23.1 Å². The normalized spacial score (nSPS) is 18.4. The number of aliphatic imine (C=N–C) groups is 1. The Kier molecular flexibility index (Phi) is 5.01. The van der Waals surface area contributed by atoms with Crippen LogP contribution in [0.2, 0.25) is 5.15 Å². The Morgan fingerprint density at radius 2 is 2.17 bits per heavy atom. The molecule has 0 saturated heterocycles. The van der Waals surface area contributed by atoms with Gasteiger partial charge in [-0.05, 0) is 45.9 Å². The van der Waals surface area contributed by atoms with Gasteiger partial charge in [0.25, 0.3) is 0 Å². The van der Waals surface area contributed by atoms with Crippen LogP contribution in [0.5, 0.6) is 0 Å². The number of fused-ring (bicyclic) bond motifs is 1. The van der Waals surface area contributed by atoms with Gasteiger partial charge in [0.2, 0.25) is 0 Å². The molecular formula is C19H20ClFN6O2. The number of rotatable bonds is 1. The molecule has 8 nitrogen and oxygen atoms in total. The van der Waals surface area contributed by atoms with Gasteiger partial charge in [-0.3, -0.25) is 10.3 Å². The van der Waals surface area contributed by atoms with E-state index in [0.29, 0.717) is 5.69 Å². The van der Waals surface area contributed by atoms with Crippen LogP contribution in [0, 0.1) is 17.1 Å². The van der Waals surface area contributed by atoms with Crippen molar-refractivity contribution in [3.8, 4) is 6.07 Å². The number of nitriles is 1. The largest absolute Gasteiger partial charge is 0.444 e. The minimum atomic E-state index is -1.19. The molecule has 1 aliphatic heterocycles. The van der Waals surface area contributed by atoms with Crippen LogP contribution in [-0.4, -0.2) is 27.1 Å². The minimum Gasteiger partial charge on any atom is -0.444 e. The van der Waals surface area contributed by atoms with E-state index in [9.17, 15) is 14.4 Å². The van der Waals surface area contributed by atoms with Crippen LogP contribution < -0.4 is 11.1 Å². The van der Waals surface area contributed by atoms with E-state index in [1.54, 1.807) is 27.7 Å². The third kappa shape index (κ3) is 4.03. The van der Waals surface area contributed by atoms with Crippen LogP contribution in [0.25, 0.3) is 0 Å². The molecule has 0 fully saturated rings. The number of benzene rings is 1. The Hall–Kier alpha value is -3.12. The number of imidazole rings is 1. The molecule has 1 aromatic carbocycles. The molecule has 10 heteroatoms. The number of nitrogens with zero attached hydrogens (tertiary/aromatic N) is 4. The summed E-state index contributed by atoms with van der Waals surface area (Å²) in [7, 11) is 0. The number of hydrogen-bond acceptors (Lipinski definition) is 6. The predicted molar refractivity (Wildman–Crippen MR) is 106 cm³/mol. The summed E-state index contributed by atoms with van der Waals surface area (Å²) in [6, 6.07) is 6.14. The summed E-state index contributed by atoms with van der Waals surface area (Å²) in [6.45, 7) is 6.89. The molecule has 0 aliphatic carbocycles. The zero-order chi connectivity index (χ0) is 21.6. The Morgan fingerprint density at radius 3 is 2.79 bits per heavy atom. The van der Waals surface area contributed by atoms with Gasteiger partial charge >= 0.3 is 6.09 Å². The Labute approximate surface area is 172 Å². The second kappa shape index (κ2) is 7.04. The summed E-state index contributed by atoms with van der Waals surface area (Å²) in [6.07, 6.45) is -0.766. The third-order valence-electron chi connectivity index (χ3n) is 4.26. The van der Waals surface area contributed by atoms with E-state index in [2.05, 4.69) is 15.3 Å². The fourth-order valence-electron chi connectivity index (χ4n) is 3.09. The maximum absolute atomic E-state index is 14.6. The van der Waals surface area contributed by atoms with Crippen molar-refractivity contribution in [2.24, 2.45) is 4.99 Å². The summed E-state index contributed by atoms with van der Waals surface area (Å²) >= 11 is 6.09. The van der Waals surface area contributed by atoms with E-state index in [-0.39, 0.29) is 34.6 Å². The molecule has 1 amide bonds. The van der Waals surface area contributed by atoms with Gasteiger partial charge in [0, 0.05) is 11.3 Å². The number of ether oxygens (including phenoxy) is 1. The Balaban J connectivity index is 2.14. The number of hydrogen-bond donors (Lipinski definition) is 2. The Bertz CT molecular complexity index is 1070. The highest BCUT2D eigenvalue weighted by atomic mass is 35.5. The SMILES string of the molecule is CC(C)(C)OC(=O)NC1=NC(C)(c2cc(N)ccc2F)Cn2c1nc(Cl)c2C#N. The van der Waals surface area contributed by atoms with Crippen molar-refractivity contribution in [1.29, 1.82) is 5.26 Å². The molecule has 0 bridgehead atoms. The summed E-state index contributed by atoms with van der Waals surface area (Å²) in [5.74, 6) is -0.326. The van der Waals surface area contributed by atoms with Gasteiger partial charge in [0.05, 0.1) is 6.54 Å². The van der Waals surface area contributed by atoms with Gasteiger partial charge in [-0.15, -0.1) is 0 Å². The third-order valence-corrected chi connectivity index (χ3v) is 4.52. The monoisotopic (exact) mass is 418 g/mol. The van der Waals surface area contributed by atoms with Crippen LogP contribution in [0.1, 0.15) is 44.8 Å². The van der Waals surface area contributed by atoms with Crippen molar-refractivity contribution < 1.29 is 13.9 Å². The van der Waals surface area contributed by atoms with Gasteiger partial charge in [0.1, 0.15) is 23.0 Å². The van der Waals surface area contributed by atoms with Crippen LogP contribution in [0.3, 0.4) is 0 Å². The molecule has 3 rings (SSSR count). The van der Waals surface area contributed by atoms with E-state index in [0.717, 1.165) is 0 Å². The molecule has 152 valence electrons. The maximum Gasteiger partial charge on any atom is 0.413 e. The molecule has 0 spiro atoms. The smallest absolute Gasteiger partial charge is 0.413 e. The van der Waals surface area contributed by atoms with Gasteiger partial charge in [0.15, 0.2) is 22.5 Å². The zero-order valence-electron chi connectivity index (χ0n) is 16.4. The molecule has 1 aromatic heterocycles. The lowest BCUT2D eigenvalue weighted by Gasteiger charge is -2.33. The zero-order valence-corrected chi connectivity index (χ0v) is 17.1. The van der Waals surface area contributed by atoms with Gasteiger partial charge in [-0.25, -0.2) is 14.2 Å². The average molecular weight is 419 g/mol. The summed E-state index contributed by atoms with van der Waals surface area (Å²) in [4.78, 5) is 21.0. The van der Waals surface area contributed by atoms with Gasteiger partial charge in [-0.2, -0.15) is 5.26 Å². The van der Waals surface area contributed by atoms with E-state index in [4.69, 9.17) is 22.1 Å². The molecule has 2 aromatic rings. The molecule has 0 radical (unpaired) electrons. The topological polar surface area (TPSA) is 118 Å². The standard InChI is InChI=1S/C19H20ClFN6O2/c1-18(2,3)29-17(28)25-15-16-24-14(20)13(8-22)27(16)9-19(4,26-15)11-7-10(23)5-6-12(11)21/h5-7H,9,23H2,1-4H3,(H,25,26,28). The van der Waals surface area contributed by atoms with Gasteiger partial charge in [-0.1, -0.05) is 11.6 Å². The number of alkyl carbamates (subject to hydrolysis) is 1. The van der Waals surface area contributed by atoms with E-state index in [1.807, 2.05) is 6.07 Å². The van der Waals surface area contributed by atoms with Gasteiger partial charge < -0.3 is 15.0 Å². The average Bonchev–Trinajstić information content (AvgIpc) is 2.90. The number of halogens is 2. The Morgan fingerprint density at radius 1 is 1.48 bits per heavy atom. The number of anilines is 1. The number of amidine groups is 1. The van der Waals surface area contributed by atoms with Crippen LogP contribution >= 0.6 is 11.6 Å². The van der Waals surface area contributed by atoms with Crippen LogP contribution in [0.4, 0.5) is 14.9 Å². The molecule has 1 unspecified atom stereocenters. The number of amides is 1. The molecule has 2 heterocycles. The lowest BCUT2D eigenvalue weighted by Crippen LogP contribution is -2.44. The molecule has 1 atom stereocenters. The lowest BCUT2D eigenvalue weighted by atomic mass is 9.90. The second-order valence-corrected chi connectivity index (χ2v) is 8.23. The highest BCUT2D eigenvalue weighted by Crippen LogP contribution is 2.36. The molecule has 29 heavy (non-hydrogen) atoms. The van der Waals surface area contributed by atoms with Crippen molar-refractivity contribution in [3.05, 3.63) is 46.3 Å². The fraction of sp³-hybridized carbons (Fsp3) is 0.368. The molecule has 0 saturated carbocycles. The predicted octanol–water partition coefficient (Wildman–Crippen LogP) is 3.33. The molecule has 3 N–H and O–H groups in total. The molecular weight excluding hydrogens is 399 g/mol. The molecule has 1 aliphatic rings. The number of aromatic nitrogens is 2. The van der Waals surface area contributed by atoms with Crippen molar-refractivity contribution in [2.45, 2.75) is 45.4 Å². The van der Waals surface area contributed by atoms with Crippen molar-refractivity contribution in [2.75, 3.05) is 5.73 Å².